The molecule has 0 amide bonds. The summed E-state index contributed by atoms with van der Waals surface area (Å²) in [4.78, 5) is 44.8. The second kappa shape index (κ2) is 16.1. The topological polar surface area (TPSA) is 124 Å². The molecule has 0 aromatic heterocycles. The average Bonchev–Trinajstić information content (AvgIpc) is 2.67. The maximum atomic E-state index is 11.4. The predicted octanol–water partition coefficient (Wildman–Crippen LogP) is 5.11. The van der Waals surface area contributed by atoms with E-state index in [1.807, 2.05) is 0 Å². The van der Waals surface area contributed by atoms with Crippen LogP contribution in [0.5, 0.6) is 0 Å². The van der Waals surface area contributed by atoms with Gasteiger partial charge in [0.1, 0.15) is 6.10 Å². The van der Waals surface area contributed by atoms with Crippen LogP contribution >= 0.6 is 0 Å². The number of hydrogen-bond donors (Lipinski definition) is 0. The summed E-state index contributed by atoms with van der Waals surface area (Å²) in [7, 11) is 0. The van der Waals surface area contributed by atoms with Gasteiger partial charge >= 0.3 is 24.2 Å². The van der Waals surface area contributed by atoms with E-state index in [1.54, 1.807) is 41.5 Å². The first-order chi connectivity index (χ1) is 15.3. The van der Waals surface area contributed by atoms with E-state index in [0.29, 0.717) is 0 Å². The van der Waals surface area contributed by atoms with Crippen LogP contribution in [-0.2, 0) is 38.0 Å². The number of rotatable bonds is 8. The van der Waals surface area contributed by atoms with Gasteiger partial charge in [0.05, 0.1) is 17.9 Å². The van der Waals surface area contributed by atoms with Gasteiger partial charge in [-0.05, 0) is 39.5 Å². The lowest BCUT2D eigenvalue weighted by Crippen LogP contribution is -2.27. The van der Waals surface area contributed by atoms with Crippen LogP contribution < -0.4 is 0 Å². The third-order valence-corrected chi connectivity index (χ3v) is 4.18. The average molecular weight is 477 g/mol. The number of carbonyl (C=O) groups is 4. The molecule has 1 saturated carbocycles. The first-order valence-corrected chi connectivity index (χ1v) is 11.5. The first kappa shape index (κ1) is 30.5. The molecule has 10 heteroatoms. The number of esters is 2. The van der Waals surface area contributed by atoms with Crippen LogP contribution in [0.15, 0.2) is 0 Å². The smallest absolute Gasteiger partial charge is 0.431 e. The lowest BCUT2D eigenvalue weighted by atomic mass is 9.98. The molecule has 1 aliphatic rings. The normalized spacial score (nSPS) is 15.6. The zero-order valence-electron chi connectivity index (χ0n) is 21.1. The highest BCUT2D eigenvalue weighted by Gasteiger charge is 2.22. The van der Waals surface area contributed by atoms with Crippen molar-refractivity contribution in [1.29, 1.82) is 0 Å². The number of ether oxygens (including phenoxy) is 6. The zero-order valence-corrected chi connectivity index (χ0v) is 21.1. The fourth-order valence-corrected chi connectivity index (χ4v) is 2.49. The van der Waals surface area contributed by atoms with Crippen molar-refractivity contribution in [2.24, 2.45) is 11.8 Å². The zero-order chi connectivity index (χ0) is 25.6. The van der Waals surface area contributed by atoms with E-state index in [4.69, 9.17) is 23.7 Å². The molecule has 10 nitrogen and oxygen atoms in total. The largest absolute Gasteiger partial charge is 0.511 e. The standard InChI is InChI=1S/C13H22O5.C10H18O5/c1-9(2)12(14)16-10(3)17-13(15)18-11-7-5-4-6-8-11;1-6(2)9(11)14-8(5)15-10(12)13-7(3)4/h9-11H,4-8H2,1-3H3;6-8H,1-5H3. The maximum Gasteiger partial charge on any atom is 0.511 e. The van der Waals surface area contributed by atoms with Gasteiger partial charge in [0.25, 0.3) is 0 Å². The summed E-state index contributed by atoms with van der Waals surface area (Å²) in [6.45, 7) is 13.2. The van der Waals surface area contributed by atoms with Crippen LogP contribution in [0.4, 0.5) is 9.59 Å². The van der Waals surface area contributed by atoms with Gasteiger partial charge in [-0.15, -0.1) is 0 Å². The summed E-state index contributed by atoms with van der Waals surface area (Å²) in [5.41, 5.74) is 0. The van der Waals surface area contributed by atoms with E-state index < -0.39 is 36.8 Å². The van der Waals surface area contributed by atoms with Crippen LogP contribution in [-0.4, -0.2) is 49.0 Å². The Kier molecular flexibility index (Phi) is 14.9. The highest BCUT2D eigenvalue weighted by Crippen LogP contribution is 2.21. The molecule has 2 unspecified atom stereocenters. The second-order valence-corrected chi connectivity index (χ2v) is 8.60. The summed E-state index contributed by atoms with van der Waals surface area (Å²) in [5.74, 6) is -1.31. The maximum absolute atomic E-state index is 11.4. The highest BCUT2D eigenvalue weighted by atomic mass is 16.8. The Hall–Kier alpha value is -2.52. The molecule has 0 radical (unpaired) electrons. The molecule has 0 bridgehead atoms. The van der Waals surface area contributed by atoms with Crippen LogP contribution in [0, 0.1) is 11.8 Å². The molecule has 192 valence electrons. The molecule has 1 fully saturated rings. The summed E-state index contributed by atoms with van der Waals surface area (Å²) < 4.78 is 29.1. The number of carbonyl (C=O) groups excluding carboxylic acids is 4. The van der Waals surface area contributed by atoms with Crippen molar-refractivity contribution >= 4 is 24.2 Å². The van der Waals surface area contributed by atoms with Gasteiger partial charge in [-0.25, -0.2) is 9.59 Å². The summed E-state index contributed by atoms with van der Waals surface area (Å²) in [6.07, 6.45) is 1.37. The van der Waals surface area contributed by atoms with Crippen molar-refractivity contribution < 1.29 is 47.6 Å². The lowest BCUT2D eigenvalue weighted by Gasteiger charge is -2.22. The van der Waals surface area contributed by atoms with E-state index in [-0.39, 0.29) is 24.0 Å². The lowest BCUT2D eigenvalue weighted by molar-refractivity contribution is -0.173. The third-order valence-electron chi connectivity index (χ3n) is 4.18. The van der Waals surface area contributed by atoms with Crippen molar-refractivity contribution in [3.63, 3.8) is 0 Å². The Morgan fingerprint density at radius 2 is 1.00 bits per heavy atom. The Morgan fingerprint density at radius 1 is 0.576 bits per heavy atom. The van der Waals surface area contributed by atoms with E-state index in [1.165, 1.54) is 20.3 Å². The monoisotopic (exact) mass is 476 g/mol. The molecule has 0 spiro atoms. The van der Waals surface area contributed by atoms with Gasteiger partial charge in [0.15, 0.2) is 0 Å². The molecule has 0 heterocycles. The highest BCUT2D eigenvalue weighted by molar-refractivity contribution is 5.72. The Morgan fingerprint density at radius 3 is 1.39 bits per heavy atom. The molecule has 33 heavy (non-hydrogen) atoms. The molecule has 0 N–H and O–H groups in total. The van der Waals surface area contributed by atoms with Crippen molar-refractivity contribution in [3.05, 3.63) is 0 Å². The molecular weight excluding hydrogens is 436 g/mol. The van der Waals surface area contributed by atoms with Crippen molar-refractivity contribution in [3.8, 4) is 0 Å². The molecule has 2 atom stereocenters. The van der Waals surface area contributed by atoms with Gasteiger partial charge in [-0.1, -0.05) is 34.1 Å². The molecule has 1 aliphatic carbocycles. The van der Waals surface area contributed by atoms with E-state index in [9.17, 15) is 19.2 Å². The fourth-order valence-electron chi connectivity index (χ4n) is 2.49. The van der Waals surface area contributed by atoms with Gasteiger partial charge in [-0.2, -0.15) is 0 Å². The predicted molar refractivity (Wildman–Crippen MR) is 118 cm³/mol. The molecule has 0 aromatic carbocycles. The van der Waals surface area contributed by atoms with Crippen molar-refractivity contribution in [2.45, 2.75) is 112 Å². The van der Waals surface area contributed by atoms with Crippen LogP contribution in [0.25, 0.3) is 0 Å². The SMILES string of the molecule is CC(C)OC(=O)OC(C)OC(=O)C(C)C.CC(OC(=O)OC1CCCCC1)OC(=O)C(C)C. The van der Waals surface area contributed by atoms with E-state index in [0.717, 1.165) is 25.7 Å². The van der Waals surface area contributed by atoms with Gasteiger partial charge in [-0.3, -0.25) is 9.59 Å². The van der Waals surface area contributed by atoms with E-state index >= 15 is 0 Å². The number of hydrogen-bond acceptors (Lipinski definition) is 10. The van der Waals surface area contributed by atoms with Crippen molar-refractivity contribution in [2.75, 3.05) is 0 Å². The fraction of sp³-hybridized carbons (Fsp3) is 0.826. The second-order valence-electron chi connectivity index (χ2n) is 8.60. The van der Waals surface area contributed by atoms with Crippen LogP contribution in [0.1, 0.15) is 87.5 Å². The minimum atomic E-state index is -0.925. The molecule has 0 aromatic rings. The quantitative estimate of drug-likeness (QED) is 0.265. The Labute approximate surface area is 196 Å². The molecule has 0 saturated heterocycles. The molecule has 1 rings (SSSR count). The first-order valence-electron chi connectivity index (χ1n) is 11.5. The van der Waals surface area contributed by atoms with Gasteiger partial charge in [0.2, 0.25) is 12.6 Å². The van der Waals surface area contributed by atoms with Crippen molar-refractivity contribution in [1.82, 2.24) is 0 Å². The third kappa shape index (κ3) is 15.8. The van der Waals surface area contributed by atoms with Gasteiger partial charge in [0, 0.05) is 13.8 Å². The minimum Gasteiger partial charge on any atom is -0.431 e. The van der Waals surface area contributed by atoms with E-state index in [2.05, 4.69) is 4.74 Å². The summed E-state index contributed by atoms with van der Waals surface area (Å²) >= 11 is 0. The summed E-state index contributed by atoms with van der Waals surface area (Å²) in [6, 6.07) is 0. The van der Waals surface area contributed by atoms with Crippen LogP contribution in [0.2, 0.25) is 0 Å². The molecule has 0 aliphatic heterocycles. The van der Waals surface area contributed by atoms with Crippen LogP contribution in [0.3, 0.4) is 0 Å². The Bertz CT molecular complexity index is 608. The van der Waals surface area contributed by atoms with Gasteiger partial charge < -0.3 is 28.4 Å². The summed E-state index contributed by atoms with van der Waals surface area (Å²) in [5, 5.41) is 0. The molecular formula is C23H40O10. The minimum absolute atomic E-state index is 0.0562. The Balaban J connectivity index is 0.000000633.